The Hall–Kier alpha value is 0. The highest BCUT2D eigenvalue weighted by atomic mass is 14.2. The van der Waals surface area contributed by atoms with Gasteiger partial charge in [-0.2, -0.15) is 0 Å². The molecule has 0 radical (unpaired) electrons. The molecule has 0 atom stereocenters. The summed E-state index contributed by atoms with van der Waals surface area (Å²) in [6.45, 7) is 7.19. The van der Waals surface area contributed by atoms with Crippen LogP contribution in [0.1, 0.15) is 78.6 Å². The normalized spacial score (nSPS) is 30.4. The van der Waals surface area contributed by atoms with E-state index >= 15 is 0 Å². The Balaban J connectivity index is 2.28. The molecule has 0 unspecified atom stereocenters. The molecule has 0 aromatic heterocycles. The zero-order valence-corrected chi connectivity index (χ0v) is 11.1. The third-order valence-corrected chi connectivity index (χ3v) is 3.92. The van der Waals surface area contributed by atoms with Gasteiger partial charge in [0.15, 0.2) is 0 Å². The van der Waals surface area contributed by atoms with Gasteiger partial charge in [-0.05, 0) is 24.2 Å². The highest BCUT2D eigenvalue weighted by Crippen LogP contribution is 2.27. The second-order valence-corrected chi connectivity index (χ2v) is 6.17. The van der Waals surface area contributed by atoms with Gasteiger partial charge in [0.1, 0.15) is 0 Å². The molecule has 0 N–H and O–H groups in total. The van der Waals surface area contributed by atoms with Crippen LogP contribution in [0.4, 0.5) is 0 Å². The molecule has 0 saturated heterocycles. The molecule has 0 aromatic carbocycles. The number of rotatable bonds is 2. The first kappa shape index (κ1) is 13.1. The van der Waals surface area contributed by atoms with Gasteiger partial charge in [0.05, 0.1) is 0 Å². The molecule has 90 valence electrons. The molecule has 1 fully saturated rings. The van der Waals surface area contributed by atoms with E-state index in [4.69, 9.17) is 0 Å². The van der Waals surface area contributed by atoms with E-state index in [0.29, 0.717) is 0 Å². The van der Waals surface area contributed by atoms with Crippen molar-refractivity contribution in [3.63, 3.8) is 0 Å². The summed E-state index contributed by atoms with van der Waals surface area (Å²) in [6, 6.07) is 0. The highest BCUT2D eigenvalue weighted by molar-refractivity contribution is 4.66. The Morgan fingerprint density at radius 2 is 1.33 bits per heavy atom. The molecule has 15 heavy (non-hydrogen) atoms. The first-order valence-corrected chi connectivity index (χ1v) is 7.18. The van der Waals surface area contributed by atoms with E-state index in [0.717, 1.165) is 17.8 Å². The standard InChI is InChI=1S/C15H30/c1-13(2)12-15-10-6-4-8-14(3)9-5-7-11-15/h13-15H,4-12H2,1-3H3. The lowest BCUT2D eigenvalue weighted by Crippen LogP contribution is -2.07. The summed E-state index contributed by atoms with van der Waals surface area (Å²) in [6.07, 6.45) is 13.4. The lowest BCUT2D eigenvalue weighted by Gasteiger charge is -2.21. The van der Waals surface area contributed by atoms with E-state index < -0.39 is 0 Å². The average Bonchev–Trinajstić information content (AvgIpc) is 2.18. The van der Waals surface area contributed by atoms with Gasteiger partial charge >= 0.3 is 0 Å². The second kappa shape index (κ2) is 7.30. The van der Waals surface area contributed by atoms with Crippen molar-refractivity contribution < 1.29 is 0 Å². The Kier molecular flexibility index (Phi) is 6.36. The summed E-state index contributed by atoms with van der Waals surface area (Å²) < 4.78 is 0. The SMILES string of the molecule is CC(C)CC1CCCCC(C)CCCC1. The van der Waals surface area contributed by atoms with Crippen molar-refractivity contribution in [1.29, 1.82) is 0 Å². The van der Waals surface area contributed by atoms with Crippen molar-refractivity contribution in [3.05, 3.63) is 0 Å². The van der Waals surface area contributed by atoms with Gasteiger partial charge in [-0.25, -0.2) is 0 Å². The zero-order valence-electron chi connectivity index (χ0n) is 11.1. The van der Waals surface area contributed by atoms with Crippen LogP contribution in [0, 0.1) is 17.8 Å². The molecular formula is C15H30. The molecule has 0 aliphatic heterocycles. The first-order valence-electron chi connectivity index (χ1n) is 7.18. The maximum Gasteiger partial charge on any atom is -0.0412 e. The van der Waals surface area contributed by atoms with Gasteiger partial charge in [-0.3, -0.25) is 0 Å². The van der Waals surface area contributed by atoms with Gasteiger partial charge in [0.25, 0.3) is 0 Å². The van der Waals surface area contributed by atoms with Crippen LogP contribution in [-0.2, 0) is 0 Å². The summed E-state index contributed by atoms with van der Waals surface area (Å²) in [4.78, 5) is 0. The molecule has 1 saturated carbocycles. The average molecular weight is 210 g/mol. The predicted molar refractivity (Wildman–Crippen MR) is 69.0 cm³/mol. The van der Waals surface area contributed by atoms with Crippen molar-refractivity contribution in [2.24, 2.45) is 17.8 Å². The quantitative estimate of drug-likeness (QED) is 0.571. The monoisotopic (exact) mass is 210 g/mol. The van der Waals surface area contributed by atoms with Crippen LogP contribution >= 0.6 is 0 Å². The fourth-order valence-electron chi connectivity index (χ4n) is 3.04. The van der Waals surface area contributed by atoms with Crippen molar-refractivity contribution in [2.45, 2.75) is 78.6 Å². The minimum absolute atomic E-state index is 0.900. The Labute approximate surface area is 96.8 Å². The van der Waals surface area contributed by atoms with Crippen LogP contribution in [0.15, 0.2) is 0 Å². The lowest BCUT2D eigenvalue weighted by atomic mass is 9.85. The summed E-state index contributed by atoms with van der Waals surface area (Å²) in [5.41, 5.74) is 0. The molecule has 0 spiro atoms. The molecule has 0 bridgehead atoms. The van der Waals surface area contributed by atoms with Gasteiger partial charge in [-0.15, -0.1) is 0 Å². The van der Waals surface area contributed by atoms with Gasteiger partial charge < -0.3 is 0 Å². The van der Waals surface area contributed by atoms with E-state index in [1.807, 2.05) is 0 Å². The van der Waals surface area contributed by atoms with E-state index in [1.165, 1.54) is 57.8 Å². The highest BCUT2D eigenvalue weighted by Gasteiger charge is 2.13. The molecular weight excluding hydrogens is 180 g/mol. The molecule has 1 aliphatic carbocycles. The topological polar surface area (TPSA) is 0 Å². The van der Waals surface area contributed by atoms with E-state index in [1.54, 1.807) is 0 Å². The molecule has 0 heterocycles. The largest absolute Gasteiger partial charge is 0.0628 e. The maximum atomic E-state index is 2.44. The van der Waals surface area contributed by atoms with Gasteiger partial charge in [0.2, 0.25) is 0 Å². The minimum Gasteiger partial charge on any atom is -0.0628 e. The third-order valence-electron chi connectivity index (χ3n) is 3.92. The molecule has 0 aromatic rings. The molecule has 0 heteroatoms. The summed E-state index contributed by atoms with van der Waals surface area (Å²) >= 11 is 0. The molecule has 0 amide bonds. The van der Waals surface area contributed by atoms with Crippen LogP contribution in [0.5, 0.6) is 0 Å². The Bertz CT molecular complexity index is 136. The van der Waals surface area contributed by atoms with Crippen LogP contribution in [-0.4, -0.2) is 0 Å². The number of hydrogen-bond donors (Lipinski definition) is 0. The molecule has 0 nitrogen and oxygen atoms in total. The number of hydrogen-bond acceptors (Lipinski definition) is 0. The summed E-state index contributed by atoms with van der Waals surface area (Å²) in [7, 11) is 0. The Morgan fingerprint density at radius 1 is 0.867 bits per heavy atom. The van der Waals surface area contributed by atoms with Crippen LogP contribution in [0.25, 0.3) is 0 Å². The van der Waals surface area contributed by atoms with Crippen LogP contribution in [0.2, 0.25) is 0 Å². The Morgan fingerprint density at radius 3 is 1.80 bits per heavy atom. The molecule has 1 aliphatic rings. The van der Waals surface area contributed by atoms with Crippen molar-refractivity contribution in [1.82, 2.24) is 0 Å². The van der Waals surface area contributed by atoms with E-state index in [9.17, 15) is 0 Å². The zero-order chi connectivity index (χ0) is 11.1. The van der Waals surface area contributed by atoms with E-state index in [-0.39, 0.29) is 0 Å². The lowest BCUT2D eigenvalue weighted by molar-refractivity contribution is 0.314. The fourth-order valence-corrected chi connectivity index (χ4v) is 3.04. The predicted octanol–water partition coefficient (Wildman–Crippen LogP) is 5.42. The van der Waals surface area contributed by atoms with Crippen LogP contribution in [0.3, 0.4) is 0 Å². The van der Waals surface area contributed by atoms with Gasteiger partial charge in [-0.1, -0.05) is 72.1 Å². The van der Waals surface area contributed by atoms with Crippen molar-refractivity contribution in [3.8, 4) is 0 Å². The van der Waals surface area contributed by atoms with E-state index in [2.05, 4.69) is 20.8 Å². The fraction of sp³-hybridized carbons (Fsp3) is 1.00. The molecule has 1 rings (SSSR count). The van der Waals surface area contributed by atoms with Crippen LogP contribution < -0.4 is 0 Å². The summed E-state index contributed by atoms with van der Waals surface area (Å²) in [5.74, 6) is 2.93. The first-order chi connectivity index (χ1) is 7.18. The minimum atomic E-state index is 0.900. The van der Waals surface area contributed by atoms with Gasteiger partial charge in [0, 0.05) is 0 Å². The third kappa shape index (κ3) is 6.22. The van der Waals surface area contributed by atoms with Crippen molar-refractivity contribution in [2.75, 3.05) is 0 Å². The van der Waals surface area contributed by atoms with Crippen molar-refractivity contribution >= 4 is 0 Å². The summed E-state index contributed by atoms with van der Waals surface area (Å²) in [5, 5.41) is 0. The second-order valence-electron chi connectivity index (χ2n) is 6.17. The smallest absolute Gasteiger partial charge is 0.0412 e. The maximum absolute atomic E-state index is 2.44.